The lowest BCUT2D eigenvalue weighted by Gasteiger charge is -2.30. The number of nitrogens with zero attached hydrogens (tertiary/aromatic N) is 2. The molecule has 6 heteroatoms. The van der Waals surface area contributed by atoms with Crippen LogP contribution in [0, 0.1) is 5.92 Å². The van der Waals surface area contributed by atoms with E-state index in [1.165, 1.54) is 11.1 Å². The van der Waals surface area contributed by atoms with E-state index in [2.05, 4.69) is 46.5 Å². The normalized spacial score (nSPS) is 18.6. The fourth-order valence-corrected chi connectivity index (χ4v) is 4.19. The molecule has 0 saturated carbocycles. The molecule has 29 heavy (non-hydrogen) atoms. The standard InChI is InChI=1S/C23H26N2O3.ClH/c26-23(27)19-8-5-13-25(16-19)14-15-28-24-22-20-9-3-1-6-17(20)11-12-18-7-2-4-10-21(18)22;/h1-4,6-7,9-10,19H,5,8,11-16H2,(H,26,27);1H/t19-;/m1./s1. The smallest absolute Gasteiger partial charge is 0.307 e. The first kappa shape index (κ1) is 21.3. The first-order valence-electron chi connectivity index (χ1n) is 10.0. The van der Waals surface area contributed by atoms with Crippen molar-refractivity contribution < 1.29 is 14.7 Å². The number of rotatable bonds is 5. The van der Waals surface area contributed by atoms with Crippen molar-refractivity contribution in [2.24, 2.45) is 11.1 Å². The second-order valence-corrected chi connectivity index (χ2v) is 7.57. The molecule has 2 aromatic rings. The summed E-state index contributed by atoms with van der Waals surface area (Å²) < 4.78 is 0. The monoisotopic (exact) mass is 414 g/mol. The molecule has 4 rings (SSSR count). The van der Waals surface area contributed by atoms with Gasteiger partial charge in [-0.2, -0.15) is 0 Å². The Morgan fingerprint density at radius 2 is 1.69 bits per heavy atom. The molecule has 2 aromatic carbocycles. The zero-order valence-corrected chi connectivity index (χ0v) is 17.2. The number of benzene rings is 2. The van der Waals surface area contributed by atoms with E-state index in [9.17, 15) is 9.90 Å². The first-order valence-corrected chi connectivity index (χ1v) is 10.0. The Morgan fingerprint density at radius 1 is 1.07 bits per heavy atom. The van der Waals surface area contributed by atoms with Crippen LogP contribution in [0.15, 0.2) is 53.7 Å². The van der Waals surface area contributed by atoms with Gasteiger partial charge in [-0.25, -0.2) is 0 Å². The number of oxime groups is 1. The number of halogens is 1. The van der Waals surface area contributed by atoms with Crippen molar-refractivity contribution in [1.82, 2.24) is 4.90 Å². The molecule has 0 amide bonds. The van der Waals surface area contributed by atoms with Crippen LogP contribution in [-0.4, -0.2) is 47.9 Å². The summed E-state index contributed by atoms with van der Waals surface area (Å²) in [5, 5.41) is 13.8. The lowest BCUT2D eigenvalue weighted by atomic mass is 9.98. The van der Waals surface area contributed by atoms with Crippen molar-refractivity contribution in [3.8, 4) is 0 Å². The van der Waals surface area contributed by atoms with E-state index in [0.717, 1.165) is 49.1 Å². The number of carbonyl (C=O) groups is 1. The second kappa shape index (κ2) is 9.90. The third-order valence-corrected chi connectivity index (χ3v) is 5.72. The molecule has 1 atom stereocenters. The van der Waals surface area contributed by atoms with Crippen molar-refractivity contribution in [3.63, 3.8) is 0 Å². The van der Waals surface area contributed by atoms with Gasteiger partial charge in [0, 0.05) is 24.2 Å². The highest BCUT2D eigenvalue weighted by atomic mass is 35.5. The quantitative estimate of drug-likeness (QED) is 0.597. The van der Waals surface area contributed by atoms with E-state index in [0.29, 0.717) is 19.7 Å². The summed E-state index contributed by atoms with van der Waals surface area (Å²) in [5.74, 6) is -0.960. The summed E-state index contributed by atoms with van der Waals surface area (Å²) in [7, 11) is 0. The fourth-order valence-electron chi connectivity index (χ4n) is 4.19. The van der Waals surface area contributed by atoms with Crippen LogP contribution in [-0.2, 0) is 22.5 Å². The van der Waals surface area contributed by atoms with Crippen LogP contribution < -0.4 is 0 Å². The maximum Gasteiger partial charge on any atom is 0.307 e. The maximum atomic E-state index is 11.2. The highest BCUT2D eigenvalue weighted by molar-refractivity contribution is 6.14. The Labute approximate surface area is 177 Å². The predicted molar refractivity (Wildman–Crippen MR) is 116 cm³/mol. The number of fused-ring (bicyclic) bond motifs is 2. The van der Waals surface area contributed by atoms with E-state index in [-0.39, 0.29) is 18.3 Å². The first-order chi connectivity index (χ1) is 13.7. The average molecular weight is 415 g/mol. The molecule has 1 aliphatic carbocycles. The molecule has 2 aliphatic rings. The molecule has 0 aromatic heterocycles. The minimum Gasteiger partial charge on any atom is -0.481 e. The third-order valence-electron chi connectivity index (χ3n) is 5.72. The number of hydrogen-bond acceptors (Lipinski definition) is 4. The van der Waals surface area contributed by atoms with Gasteiger partial charge in [-0.3, -0.25) is 9.69 Å². The van der Waals surface area contributed by atoms with Crippen LogP contribution in [0.1, 0.15) is 35.1 Å². The Balaban J connectivity index is 0.00000240. The highest BCUT2D eigenvalue weighted by Gasteiger charge is 2.25. The van der Waals surface area contributed by atoms with Gasteiger partial charge in [0.05, 0.1) is 5.92 Å². The Morgan fingerprint density at radius 3 is 2.31 bits per heavy atom. The van der Waals surface area contributed by atoms with Gasteiger partial charge in [0.2, 0.25) is 0 Å². The molecule has 154 valence electrons. The van der Waals surface area contributed by atoms with E-state index in [1.807, 2.05) is 12.1 Å². The SMILES string of the molecule is Cl.O=C(O)[C@@H]1CCCN(CCON=C2c3ccccc3CCc3ccccc32)C1. The van der Waals surface area contributed by atoms with Gasteiger partial charge in [0.1, 0.15) is 12.3 Å². The minimum atomic E-state index is -0.697. The van der Waals surface area contributed by atoms with Gasteiger partial charge in [0.15, 0.2) is 0 Å². The number of piperidine rings is 1. The van der Waals surface area contributed by atoms with Gasteiger partial charge in [0.25, 0.3) is 0 Å². The van der Waals surface area contributed by atoms with E-state index < -0.39 is 5.97 Å². The van der Waals surface area contributed by atoms with Crippen LogP contribution in [0.25, 0.3) is 0 Å². The zero-order valence-electron chi connectivity index (χ0n) is 16.4. The molecule has 0 unspecified atom stereocenters. The van der Waals surface area contributed by atoms with Crippen LogP contribution in [0.4, 0.5) is 0 Å². The third kappa shape index (κ3) is 4.98. The number of aryl methyl sites for hydroxylation is 2. The number of likely N-dealkylation sites (tertiary alicyclic amines) is 1. The van der Waals surface area contributed by atoms with Gasteiger partial charge in [-0.15, -0.1) is 12.4 Å². The number of hydrogen-bond donors (Lipinski definition) is 1. The van der Waals surface area contributed by atoms with Crippen molar-refractivity contribution in [1.29, 1.82) is 0 Å². The summed E-state index contributed by atoms with van der Waals surface area (Å²) in [6.07, 6.45) is 3.68. The number of aliphatic carboxylic acids is 1. The maximum absolute atomic E-state index is 11.2. The summed E-state index contributed by atoms with van der Waals surface area (Å²) >= 11 is 0. The minimum absolute atomic E-state index is 0. The molecule has 1 N–H and O–H groups in total. The molecular formula is C23H27ClN2O3. The predicted octanol–water partition coefficient (Wildman–Crippen LogP) is 3.77. The molecular weight excluding hydrogens is 388 g/mol. The fraction of sp³-hybridized carbons (Fsp3) is 0.391. The summed E-state index contributed by atoms with van der Waals surface area (Å²) in [6.45, 7) is 2.68. The van der Waals surface area contributed by atoms with Crippen LogP contribution >= 0.6 is 12.4 Å². The van der Waals surface area contributed by atoms with E-state index in [4.69, 9.17) is 4.84 Å². The van der Waals surface area contributed by atoms with Crippen molar-refractivity contribution in [3.05, 3.63) is 70.8 Å². The highest BCUT2D eigenvalue weighted by Crippen LogP contribution is 2.25. The Hall–Kier alpha value is -2.37. The largest absolute Gasteiger partial charge is 0.481 e. The molecule has 0 radical (unpaired) electrons. The Bertz CT molecular complexity index is 834. The van der Waals surface area contributed by atoms with E-state index >= 15 is 0 Å². The molecule has 1 aliphatic heterocycles. The summed E-state index contributed by atoms with van der Waals surface area (Å²) in [6, 6.07) is 16.8. The van der Waals surface area contributed by atoms with Gasteiger partial charge in [-0.05, 0) is 43.4 Å². The topological polar surface area (TPSA) is 62.1 Å². The average Bonchev–Trinajstić information content (AvgIpc) is 2.88. The van der Waals surface area contributed by atoms with Crippen LogP contribution in [0.2, 0.25) is 0 Å². The van der Waals surface area contributed by atoms with Gasteiger partial charge in [-0.1, -0.05) is 53.7 Å². The van der Waals surface area contributed by atoms with Gasteiger partial charge < -0.3 is 9.94 Å². The van der Waals surface area contributed by atoms with Gasteiger partial charge >= 0.3 is 5.97 Å². The van der Waals surface area contributed by atoms with Crippen LogP contribution in [0.5, 0.6) is 0 Å². The van der Waals surface area contributed by atoms with Crippen LogP contribution in [0.3, 0.4) is 0 Å². The molecule has 1 fully saturated rings. The van der Waals surface area contributed by atoms with E-state index in [1.54, 1.807) is 0 Å². The molecule has 1 heterocycles. The number of carboxylic acids is 1. The second-order valence-electron chi connectivity index (χ2n) is 7.57. The summed E-state index contributed by atoms with van der Waals surface area (Å²) in [5.41, 5.74) is 5.75. The zero-order chi connectivity index (χ0) is 19.3. The molecule has 0 bridgehead atoms. The Kier molecular flexibility index (Phi) is 7.29. The molecule has 1 saturated heterocycles. The molecule has 5 nitrogen and oxygen atoms in total. The van der Waals surface area contributed by atoms with Crippen molar-refractivity contribution in [2.45, 2.75) is 25.7 Å². The number of carboxylic acid groups (broad SMARTS) is 1. The lowest BCUT2D eigenvalue weighted by molar-refractivity contribution is -0.143. The molecule has 0 spiro atoms. The lowest BCUT2D eigenvalue weighted by Crippen LogP contribution is -2.40. The van der Waals surface area contributed by atoms with Crippen molar-refractivity contribution >= 4 is 24.1 Å². The van der Waals surface area contributed by atoms with Crippen molar-refractivity contribution in [2.75, 3.05) is 26.2 Å². The summed E-state index contributed by atoms with van der Waals surface area (Å²) in [4.78, 5) is 19.1.